The summed E-state index contributed by atoms with van der Waals surface area (Å²) in [5.41, 5.74) is 1.99. The second-order valence-corrected chi connectivity index (χ2v) is 11.7. The third-order valence-corrected chi connectivity index (χ3v) is 8.19. The summed E-state index contributed by atoms with van der Waals surface area (Å²) in [5, 5.41) is 19.3. The number of nitrogens with two attached hydrogens (primary N) is 1. The van der Waals surface area contributed by atoms with Crippen molar-refractivity contribution in [2.45, 2.75) is 95.9 Å². The molecule has 2 aromatic rings. The molecule has 0 spiro atoms. The van der Waals surface area contributed by atoms with Gasteiger partial charge in [-0.2, -0.15) is 0 Å². The Morgan fingerprint density at radius 1 is 1.10 bits per heavy atom. The van der Waals surface area contributed by atoms with Gasteiger partial charge in [0.05, 0.1) is 12.6 Å². The van der Waals surface area contributed by atoms with Gasteiger partial charge in [-0.05, 0) is 56.7 Å². The maximum Gasteiger partial charge on any atom is 0.278 e. The number of anilines is 1. The Hall–Kier alpha value is -3.43. The Morgan fingerprint density at radius 3 is 2.55 bits per heavy atom. The van der Waals surface area contributed by atoms with Gasteiger partial charge in [0.2, 0.25) is 5.91 Å². The Bertz CT molecular complexity index is 1180. The highest BCUT2D eigenvalue weighted by Crippen LogP contribution is 2.28. The number of ether oxygens (including phenoxy) is 1. The number of nitrogens with zero attached hydrogens (tertiary/aromatic N) is 1. The van der Waals surface area contributed by atoms with Crippen molar-refractivity contribution in [3.8, 4) is 5.75 Å². The number of carbonyl (C=O) groups excluding carboxylic acids is 3. The Balaban J connectivity index is 1.46. The fourth-order valence-corrected chi connectivity index (χ4v) is 5.69. The van der Waals surface area contributed by atoms with Gasteiger partial charge in [0, 0.05) is 36.3 Å². The highest BCUT2D eigenvalue weighted by molar-refractivity contribution is 5.99. The summed E-state index contributed by atoms with van der Waals surface area (Å²) in [7, 11) is 0. The van der Waals surface area contributed by atoms with Crippen LogP contribution >= 0.6 is 0 Å². The lowest BCUT2D eigenvalue weighted by molar-refractivity contribution is -0.679. The van der Waals surface area contributed by atoms with Gasteiger partial charge in [0.25, 0.3) is 11.8 Å². The van der Waals surface area contributed by atoms with Crippen molar-refractivity contribution in [3.63, 3.8) is 0 Å². The molecule has 9 heteroatoms. The van der Waals surface area contributed by atoms with Gasteiger partial charge in [-0.1, -0.05) is 56.5 Å². The molecule has 9 nitrogen and oxygen atoms in total. The molecule has 1 heterocycles. The fraction of sp³-hybridized carbons (Fsp3) is 0.545. The van der Waals surface area contributed by atoms with Gasteiger partial charge in [-0.3, -0.25) is 14.4 Å². The first-order valence-corrected chi connectivity index (χ1v) is 15.6. The molecule has 1 aliphatic carbocycles. The van der Waals surface area contributed by atoms with E-state index < -0.39 is 12.1 Å². The van der Waals surface area contributed by atoms with E-state index in [9.17, 15) is 19.5 Å². The Labute approximate surface area is 249 Å². The van der Waals surface area contributed by atoms with Crippen molar-refractivity contribution in [2.75, 3.05) is 24.6 Å². The molecule has 228 valence electrons. The van der Waals surface area contributed by atoms with Crippen LogP contribution in [0.3, 0.4) is 0 Å². The monoisotopic (exact) mass is 579 g/mol. The summed E-state index contributed by atoms with van der Waals surface area (Å²) in [6, 6.07) is 14.2. The van der Waals surface area contributed by atoms with Crippen molar-refractivity contribution < 1.29 is 29.5 Å². The van der Waals surface area contributed by atoms with Crippen LogP contribution in [0.25, 0.3) is 0 Å². The average Bonchev–Trinajstić information content (AvgIpc) is 3.44. The summed E-state index contributed by atoms with van der Waals surface area (Å²) in [6.07, 6.45) is 7.15. The first kappa shape index (κ1) is 31.5. The van der Waals surface area contributed by atoms with Gasteiger partial charge in [0.15, 0.2) is 6.04 Å². The number of quaternary nitrogens is 1. The quantitative estimate of drug-likeness (QED) is 0.274. The predicted molar refractivity (Wildman–Crippen MR) is 162 cm³/mol. The van der Waals surface area contributed by atoms with Crippen molar-refractivity contribution in [2.24, 2.45) is 0 Å². The third kappa shape index (κ3) is 9.03. The normalized spacial score (nSPS) is 17.9. The lowest BCUT2D eigenvalue weighted by Gasteiger charge is -2.26. The number of hydrogen-bond acceptors (Lipinski definition) is 5. The highest BCUT2D eigenvalue weighted by atomic mass is 16.5. The molecule has 1 saturated carbocycles. The van der Waals surface area contributed by atoms with Crippen LogP contribution in [0.1, 0.15) is 81.1 Å². The van der Waals surface area contributed by atoms with E-state index in [1.54, 1.807) is 23.1 Å². The van der Waals surface area contributed by atoms with Gasteiger partial charge in [-0.25, -0.2) is 0 Å². The summed E-state index contributed by atoms with van der Waals surface area (Å²) in [6.45, 7) is 5.21. The zero-order valence-corrected chi connectivity index (χ0v) is 25.0. The molecular formula is C33H47N4O5+. The molecule has 2 aliphatic rings. The molecule has 0 unspecified atom stereocenters. The van der Waals surface area contributed by atoms with E-state index in [4.69, 9.17) is 4.74 Å². The fourth-order valence-electron chi connectivity index (χ4n) is 5.69. The smallest absolute Gasteiger partial charge is 0.278 e. The molecule has 2 fully saturated rings. The Kier molecular flexibility index (Phi) is 11.8. The van der Waals surface area contributed by atoms with Crippen molar-refractivity contribution in [1.82, 2.24) is 10.6 Å². The number of nitrogens with one attached hydrogen (secondary N) is 2. The maximum atomic E-state index is 13.6. The van der Waals surface area contributed by atoms with E-state index in [2.05, 4.69) is 10.6 Å². The van der Waals surface area contributed by atoms with Crippen molar-refractivity contribution >= 4 is 23.4 Å². The molecular weight excluding hydrogens is 532 g/mol. The second kappa shape index (κ2) is 15.7. The summed E-state index contributed by atoms with van der Waals surface area (Å²) in [4.78, 5) is 40.6. The van der Waals surface area contributed by atoms with Crippen molar-refractivity contribution in [3.05, 3.63) is 59.7 Å². The number of hydrogen-bond donors (Lipinski definition) is 4. The number of aliphatic hydroxyl groups is 1. The number of aliphatic hydroxyl groups excluding tert-OH is 1. The summed E-state index contributed by atoms with van der Waals surface area (Å²) < 4.78 is 5.86. The predicted octanol–water partition coefficient (Wildman–Crippen LogP) is 2.71. The van der Waals surface area contributed by atoms with Crippen LogP contribution in [-0.2, 0) is 16.0 Å². The summed E-state index contributed by atoms with van der Waals surface area (Å²) in [5.74, 6) is 0.188. The molecule has 42 heavy (non-hydrogen) atoms. The number of rotatable bonds is 14. The number of carbonyl (C=O) groups is 3. The van der Waals surface area contributed by atoms with E-state index in [1.807, 2.05) is 49.5 Å². The molecule has 2 aromatic carbocycles. The largest absolute Gasteiger partial charge is 0.494 e. The molecule has 0 radical (unpaired) electrons. The molecule has 0 aromatic heterocycles. The maximum absolute atomic E-state index is 13.6. The van der Waals surface area contributed by atoms with Gasteiger partial charge in [-0.15, -0.1) is 0 Å². The van der Waals surface area contributed by atoms with Crippen LogP contribution in [0.5, 0.6) is 5.75 Å². The first-order chi connectivity index (χ1) is 20.3. The van der Waals surface area contributed by atoms with Crippen LogP contribution in [0.15, 0.2) is 48.5 Å². The van der Waals surface area contributed by atoms with Crippen LogP contribution in [0.2, 0.25) is 0 Å². The van der Waals surface area contributed by atoms with Gasteiger partial charge < -0.3 is 30.7 Å². The van der Waals surface area contributed by atoms with Gasteiger partial charge in [0.1, 0.15) is 18.4 Å². The van der Waals surface area contributed by atoms with E-state index in [0.29, 0.717) is 43.0 Å². The second-order valence-electron chi connectivity index (χ2n) is 11.7. The minimum absolute atomic E-state index is 0.0226. The zero-order valence-electron chi connectivity index (χ0n) is 25.0. The topological polar surface area (TPSA) is 125 Å². The van der Waals surface area contributed by atoms with E-state index in [1.165, 1.54) is 6.42 Å². The minimum atomic E-state index is -0.904. The molecule has 3 atom stereocenters. The lowest BCUT2D eigenvalue weighted by Crippen LogP contribution is -2.94. The highest BCUT2D eigenvalue weighted by Gasteiger charge is 2.28. The van der Waals surface area contributed by atoms with Crippen molar-refractivity contribution in [1.29, 1.82) is 0 Å². The summed E-state index contributed by atoms with van der Waals surface area (Å²) >= 11 is 0. The Morgan fingerprint density at radius 2 is 1.86 bits per heavy atom. The van der Waals surface area contributed by atoms with Crippen LogP contribution < -0.4 is 25.6 Å². The molecule has 1 aliphatic heterocycles. The van der Waals surface area contributed by atoms with Crippen LogP contribution in [0, 0.1) is 0 Å². The molecule has 3 amide bonds. The SMILES string of the molecule is CCCOc1cc(C(=O)N[C@@H](Cc2ccccc2)[C@H](O)C[NH2+][C@@H](C)C(=O)NC2CCCCC2)cc(N2CCCC2=O)c1. The zero-order chi connectivity index (χ0) is 29.9. The first-order valence-electron chi connectivity index (χ1n) is 15.6. The van der Waals surface area contributed by atoms with E-state index in [0.717, 1.165) is 44.1 Å². The molecule has 1 saturated heterocycles. The number of benzene rings is 2. The third-order valence-electron chi connectivity index (χ3n) is 8.19. The minimum Gasteiger partial charge on any atom is -0.494 e. The lowest BCUT2D eigenvalue weighted by atomic mass is 9.95. The molecule has 5 N–H and O–H groups in total. The van der Waals surface area contributed by atoms with E-state index in [-0.39, 0.29) is 36.3 Å². The van der Waals surface area contributed by atoms with Gasteiger partial charge >= 0.3 is 0 Å². The average molecular weight is 580 g/mol. The standard InChI is InChI=1S/C33H46N4O5/c1-3-17-42-28-20-25(19-27(21-28)37-16-10-15-31(37)39)33(41)36-29(18-24-11-6-4-7-12-24)30(38)22-34-23(2)32(40)35-26-13-8-5-9-14-26/h4,6-7,11-12,19-21,23,26,29-30,34,38H,3,5,8-10,13-18,22H2,1-2H3,(H,35,40)(H,36,41)/p+1/t23-,29-,30+/m0/s1. The van der Waals surface area contributed by atoms with E-state index >= 15 is 0 Å². The van der Waals surface area contributed by atoms with Crippen LogP contribution in [0.4, 0.5) is 5.69 Å². The van der Waals surface area contributed by atoms with Crippen LogP contribution in [-0.4, -0.2) is 66.8 Å². The number of amides is 3. The molecule has 4 rings (SSSR count). The molecule has 0 bridgehead atoms.